The van der Waals surface area contributed by atoms with Crippen molar-refractivity contribution in [2.75, 3.05) is 0 Å². The summed E-state index contributed by atoms with van der Waals surface area (Å²) in [5, 5.41) is 18.5. The van der Waals surface area contributed by atoms with Crippen LogP contribution in [0.4, 0.5) is 4.39 Å². The molecule has 100 valence electrons. The molecule has 0 spiro atoms. The average molecular weight is 260 g/mol. The third-order valence-corrected chi connectivity index (χ3v) is 3.10. The van der Waals surface area contributed by atoms with E-state index in [2.05, 4.69) is 10.2 Å². The van der Waals surface area contributed by atoms with Gasteiger partial charge >= 0.3 is 0 Å². The van der Waals surface area contributed by atoms with E-state index in [9.17, 15) is 9.50 Å². The van der Waals surface area contributed by atoms with Crippen LogP contribution >= 0.6 is 0 Å². The molecule has 0 radical (unpaired) electrons. The molecule has 0 saturated heterocycles. The smallest absolute Gasteiger partial charge is 0.129 e. The second kappa shape index (κ2) is 5.45. The summed E-state index contributed by atoms with van der Waals surface area (Å²) in [6.45, 7) is 5.60. The van der Waals surface area contributed by atoms with Gasteiger partial charge in [-0.15, -0.1) is 0 Å². The summed E-state index contributed by atoms with van der Waals surface area (Å²) in [6, 6.07) is 6.48. The van der Waals surface area contributed by atoms with Gasteiger partial charge in [0, 0.05) is 11.1 Å². The summed E-state index contributed by atoms with van der Waals surface area (Å²) in [4.78, 5) is 0. The minimum absolute atomic E-state index is 0.280. The number of aliphatic hydroxyl groups is 1. The van der Waals surface area contributed by atoms with Gasteiger partial charge in [0.15, 0.2) is 0 Å². The Labute approximate surface area is 112 Å². The molecule has 1 heterocycles. The van der Waals surface area contributed by atoms with Crippen molar-refractivity contribution in [2.24, 2.45) is 0 Å². The maximum atomic E-state index is 13.8. The Kier molecular flexibility index (Phi) is 3.90. The number of halogens is 1. The van der Waals surface area contributed by atoms with E-state index in [-0.39, 0.29) is 5.56 Å². The van der Waals surface area contributed by atoms with Crippen molar-refractivity contribution in [3.8, 4) is 0 Å². The van der Waals surface area contributed by atoms with Crippen LogP contribution in [0.2, 0.25) is 0 Å². The molecule has 3 nitrogen and oxygen atoms in total. The molecule has 0 aliphatic heterocycles. The largest absolute Gasteiger partial charge is 0.383 e. The van der Waals surface area contributed by atoms with Crippen LogP contribution in [0.5, 0.6) is 0 Å². The Hall–Kier alpha value is -1.81. The normalized spacial score (nSPS) is 12.5. The number of nitrogens with zero attached hydrogens (tertiary/aromatic N) is 2. The monoisotopic (exact) mass is 260 g/mol. The third-order valence-electron chi connectivity index (χ3n) is 3.10. The summed E-state index contributed by atoms with van der Waals surface area (Å²) in [6.07, 6.45) is -0.364. The minimum Gasteiger partial charge on any atom is -0.383 e. The second-order valence-corrected chi connectivity index (χ2v) is 4.67. The lowest BCUT2D eigenvalue weighted by molar-refractivity contribution is 0.213. The zero-order chi connectivity index (χ0) is 14.0. The molecule has 4 heteroatoms. The highest BCUT2D eigenvalue weighted by molar-refractivity contribution is 5.35. The van der Waals surface area contributed by atoms with Crippen LogP contribution in [0.1, 0.15) is 41.1 Å². The Bertz CT molecular complexity index is 599. The number of aromatic nitrogens is 2. The highest BCUT2D eigenvalue weighted by Gasteiger charge is 2.19. The third kappa shape index (κ3) is 2.79. The fraction of sp³-hybridized carbons (Fsp3) is 0.333. The molecule has 0 aliphatic carbocycles. The van der Waals surface area contributed by atoms with Crippen molar-refractivity contribution in [1.29, 1.82) is 0 Å². The predicted molar refractivity (Wildman–Crippen MR) is 71.3 cm³/mol. The van der Waals surface area contributed by atoms with E-state index < -0.39 is 11.9 Å². The van der Waals surface area contributed by atoms with E-state index in [4.69, 9.17) is 0 Å². The first-order valence-electron chi connectivity index (χ1n) is 6.30. The van der Waals surface area contributed by atoms with Crippen LogP contribution in [0.25, 0.3) is 0 Å². The lowest BCUT2D eigenvalue weighted by Crippen LogP contribution is -2.09. The highest BCUT2D eigenvalue weighted by Crippen LogP contribution is 2.27. The molecule has 0 amide bonds. The van der Waals surface area contributed by atoms with Gasteiger partial charge in [0.25, 0.3) is 0 Å². The first-order valence-corrected chi connectivity index (χ1v) is 6.30. The molecule has 1 N–H and O–H groups in total. The molecule has 2 aromatic rings. The fourth-order valence-electron chi connectivity index (χ4n) is 2.09. The standard InChI is InChI=1S/C15H17FN2O/c1-4-14-12(8-10(3)17-18-14)15(19)11-7-9(2)5-6-13(11)16/h5-8,15,19H,4H2,1-3H3. The number of benzene rings is 1. The summed E-state index contributed by atoms with van der Waals surface area (Å²) >= 11 is 0. The molecule has 1 atom stereocenters. The van der Waals surface area contributed by atoms with E-state index >= 15 is 0 Å². The molecule has 1 unspecified atom stereocenters. The van der Waals surface area contributed by atoms with Gasteiger partial charge in [-0.25, -0.2) is 4.39 Å². The van der Waals surface area contributed by atoms with Crippen molar-refractivity contribution in [1.82, 2.24) is 10.2 Å². The number of hydrogen-bond donors (Lipinski definition) is 1. The Morgan fingerprint density at radius 2 is 1.89 bits per heavy atom. The SMILES string of the molecule is CCc1nnc(C)cc1C(O)c1cc(C)ccc1F. The van der Waals surface area contributed by atoms with Crippen LogP contribution in [0.15, 0.2) is 24.3 Å². The van der Waals surface area contributed by atoms with Gasteiger partial charge < -0.3 is 5.11 Å². The minimum atomic E-state index is -1.01. The molecule has 19 heavy (non-hydrogen) atoms. The summed E-state index contributed by atoms with van der Waals surface area (Å²) in [7, 11) is 0. The van der Waals surface area contributed by atoms with Gasteiger partial charge in [0.1, 0.15) is 11.9 Å². The quantitative estimate of drug-likeness (QED) is 0.923. The first-order chi connectivity index (χ1) is 9.02. The number of rotatable bonds is 3. The Balaban J connectivity index is 2.51. The second-order valence-electron chi connectivity index (χ2n) is 4.67. The molecule has 0 saturated carbocycles. The Morgan fingerprint density at radius 3 is 2.58 bits per heavy atom. The fourth-order valence-corrected chi connectivity index (χ4v) is 2.09. The van der Waals surface area contributed by atoms with Crippen molar-refractivity contribution in [3.05, 3.63) is 58.2 Å². The van der Waals surface area contributed by atoms with E-state index in [0.29, 0.717) is 23.4 Å². The van der Waals surface area contributed by atoms with E-state index in [1.165, 1.54) is 6.07 Å². The summed E-state index contributed by atoms with van der Waals surface area (Å²) in [5.74, 6) is -0.408. The number of aryl methyl sites for hydroxylation is 3. The lowest BCUT2D eigenvalue weighted by atomic mass is 9.97. The van der Waals surface area contributed by atoms with Gasteiger partial charge in [0.2, 0.25) is 0 Å². The zero-order valence-corrected chi connectivity index (χ0v) is 11.3. The molecular weight excluding hydrogens is 243 g/mol. The Morgan fingerprint density at radius 1 is 1.16 bits per heavy atom. The number of hydrogen-bond acceptors (Lipinski definition) is 3. The molecular formula is C15H17FN2O. The van der Waals surface area contributed by atoms with Crippen molar-refractivity contribution >= 4 is 0 Å². The van der Waals surface area contributed by atoms with E-state index in [0.717, 1.165) is 5.56 Å². The first kappa shape index (κ1) is 13.6. The summed E-state index contributed by atoms with van der Waals surface area (Å²) < 4.78 is 13.8. The van der Waals surface area contributed by atoms with Crippen molar-refractivity contribution < 1.29 is 9.50 Å². The lowest BCUT2D eigenvalue weighted by Gasteiger charge is -2.16. The predicted octanol–water partition coefficient (Wildman–Crippen LogP) is 2.88. The molecule has 0 aliphatic rings. The molecule has 1 aromatic carbocycles. The van der Waals surface area contributed by atoms with Crippen LogP contribution in [-0.4, -0.2) is 15.3 Å². The van der Waals surface area contributed by atoms with Gasteiger partial charge in [0.05, 0.1) is 11.4 Å². The topological polar surface area (TPSA) is 46.0 Å². The van der Waals surface area contributed by atoms with Crippen LogP contribution in [-0.2, 0) is 6.42 Å². The molecule has 2 rings (SSSR count). The van der Waals surface area contributed by atoms with Gasteiger partial charge in [-0.1, -0.05) is 24.6 Å². The molecule has 0 fully saturated rings. The van der Waals surface area contributed by atoms with Gasteiger partial charge in [-0.05, 0) is 32.4 Å². The average Bonchev–Trinajstić information content (AvgIpc) is 2.40. The van der Waals surface area contributed by atoms with E-state index in [1.807, 2.05) is 13.8 Å². The van der Waals surface area contributed by atoms with Crippen LogP contribution in [0.3, 0.4) is 0 Å². The number of aliphatic hydroxyl groups excluding tert-OH is 1. The van der Waals surface area contributed by atoms with Gasteiger partial charge in [-0.3, -0.25) is 0 Å². The molecule has 0 bridgehead atoms. The zero-order valence-electron chi connectivity index (χ0n) is 11.3. The maximum absolute atomic E-state index is 13.8. The van der Waals surface area contributed by atoms with Crippen LogP contribution < -0.4 is 0 Å². The highest BCUT2D eigenvalue weighted by atomic mass is 19.1. The van der Waals surface area contributed by atoms with Gasteiger partial charge in [-0.2, -0.15) is 10.2 Å². The van der Waals surface area contributed by atoms with Crippen molar-refractivity contribution in [3.63, 3.8) is 0 Å². The van der Waals surface area contributed by atoms with Crippen molar-refractivity contribution in [2.45, 2.75) is 33.3 Å². The van der Waals surface area contributed by atoms with Crippen LogP contribution in [0, 0.1) is 19.7 Å². The molecule has 1 aromatic heterocycles. The van der Waals surface area contributed by atoms with E-state index in [1.54, 1.807) is 25.1 Å². The summed E-state index contributed by atoms with van der Waals surface area (Å²) in [5.41, 5.74) is 3.21. The maximum Gasteiger partial charge on any atom is 0.129 e.